The quantitative estimate of drug-likeness (QED) is 0.852. The summed E-state index contributed by atoms with van der Waals surface area (Å²) >= 11 is 0. The number of hydrogen-bond acceptors (Lipinski definition) is 5. The Morgan fingerprint density at radius 3 is 2.57 bits per heavy atom. The molecule has 156 valence electrons. The van der Waals surface area contributed by atoms with Gasteiger partial charge in [-0.25, -0.2) is 9.37 Å². The first kappa shape index (κ1) is 21.0. The molecule has 0 unspecified atom stereocenters. The molecule has 2 aliphatic heterocycles. The van der Waals surface area contributed by atoms with E-state index < -0.39 is 6.17 Å². The predicted octanol–water partition coefficient (Wildman–Crippen LogP) is 2.63. The van der Waals surface area contributed by atoms with Crippen LogP contribution >= 0.6 is 0 Å². The third-order valence-corrected chi connectivity index (χ3v) is 6.28. The maximum atomic E-state index is 14.8. The maximum absolute atomic E-state index is 14.8. The molecule has 6 nitrogen and oxygen atoms in total. The van der Waals surface area contributed by atoms with Crippen LogP contribution in [0.15, 0.2) is 0 Å². The van der Waals surface area contributed by atoms with Crippen molar-refractivity contribution < 1.29 is 19.0 Å². The molecule has 1 aromatic heterocycles. The van der Waals surface area contributed by atoms with Gasteiger partial charge in [0.1, 0.15) is 12.0 Å². The summed E-state index contributed by atoms with van der Waals surface area (Å²) in [4.78, 5) is 20.8. The second-order valence-corrected chi connectivity index (χ2v) is 8.58. The summed E-state index contributed by atoms with van der Waals surface area (Å²) in [5.74, 6) is 0.850. The first-order chi connectivity index (χ1) is 13.3. The van der Waals surface area contributed by atoms with E-state index >= 15 is 0 Å². The fraction of sp³-hybridized carbons (Fsp3) is 0.714. The van der Waals surface area contributed by atoms with Gasteiger partial charge in [-0.3, -0.25) is 4.79 Å². The van der Waals surface area contributed by atoms with Gasteiger partial charge in [0.15, 0.2) is 0 Å². The first-order valence-corrected chi connectivity index (χ1v) is 10.00. The fourth-order valence-electron chi connectivity index (χ4n) is 3.96. The van der Waals surface area contributed by atoms with E-state index in [1.165, 1.54) is 12.8 Å². The molecule has 0 spiro atoms. The van der Waals surface area contributed by atoms with Gasteiger partial charge in [-0.05, 0) is 49.7 Å². The number of ether oxygens (including phenoxy) is 1. The number of anilines is 1. The fourth-order valence-corrected chi connectivity index (χ4v) is 3.96. The molecule has 0 aromatic carbocycles. The Labute approximate surface area is 166 Å². The van der Waals surface area contributed by atoms with Crippen LogP contribution in [0, 0.1) is 19.3 Å². The van der Waals surface area contributed by atoms with E-state index in [0.717, 1.165) is 41.9 Å². The molecule has 1 saturated heterocycles. The lowest BCUT2D eigenvalue weighted by molar-refractivity contribution is -0.0302. The molecular weight excluding hydrogens is 361 g/mol. The van der Waals surface area contributed by atoms with Gasteiger partial charge in [-0.1, -0.05) is 6.92 Å². The molecule has 1 amide bonds. The van der Waals surface area contributed by atoms with Crippen molar-refractivity contribution in [3.8, 4) is 0 Å². The molecule has 1 N–H and O–H groups in total. The van der Waals surface area contributed by atoms with Crippen LogP contribution in [0.25, 0.3) is 0 Å². The molecule has 0 bridgehead atoms. The molecule has 1 aliphatic carbocycles. The number of pyridine rings is 1. The highest BCUT2D eigenvalue weighted by atomic mass is 19.1. The summed E-state index contributed by atoms with van der Waals surface area (Å²) < 4.78 is 20.6. The van der Waals surface area contributed by atoms with E-state index in [2.05, 4.69) is 6.92 Å². The average molecular weight is 394 g/mol. The monoisotopic (exact) mass is 393 g/mol. The van der Waals surface area contributed by atoms with Gasteiger partial charge in [-0.15, -0.1) is 0 Å². The number of aliphatic hydroxyl groups excluding tert-OH is 1. The van der Waals surface area contributed by atoms with Crippen molar-refractivity contribution >= 4 is 11.7 Å². The number of aliphatic hydroxyl groups is 1. The number of aromatic nitrogens is 1. The second-order valence-electron chi connectivity index (χ2n) is 8.58. The van der Waals surface area contributed by atoms with Crippen molar-refractivity contribution in [3.63, 3.8) is 0 Å². The predicted molar refractivity (Wildman–Crippen MR) is 106 cm³/mol. The third kappa shape index (κ3) is 3.87. The molecule has 1 saturated carbocycles. The number of carbonyl (C=O) groups is 1. The minimum atomic E-state index is -1.01. The SMILES string of the molecule is CO.Cc1c(N2CC[C@@H](OCC3(C)CC3)[C@@H](F)C2)nc2c(c1C)C(=O)N(C)C2. The number of carbonyl (C=O) groups excluding carboxylic acids is 1. The lowest BCUT2D eigenvalue weighted by atomic mass is 10.0. The zero-order chi connectivity index (χ0) is 20.6. The minimum Gasteiger partial charge on any atom is -0.400 e. The van der Waals surface area contributed by atoms with Crippen LogP contribution in [0.4, 0.5) is 10.2 Å². The van der Waals surface area contributed by atoms with Crippen LogP contribution < -0.4 is 4.90 Å². The van der Waals surface area contributed by atoms with Gasteiger partial charge in [0.25, 0.3) is 5.91 Å². The normalized spacial score (nSPS) is 25.3. The number of nitrogens with zero attached hydrogens (tertiary/aromatic N) is 3. The van der Waals surface area contributed by atoms with E-state index in [9.17, 15) is 9.18 Å². The molecule has 0 radical (unpaired) electrons. The maximum Gasteiger partial charge on any atom is 0.256 e. The number of piperidine rings is 1. The summed E-state index contributed by atoms with van der Waals surface area (Å²) in [7, 11) is 2.79. The molecule has 4 rings (SSSR count). The zero-order valence-corrected chi connectivity index (χ0v) is 17.6. The third-order valence-electron chi connectivity index (χ3n) is 6.28. The lowest BCUT2D eigenvalue weighted by Gasteiger charge is -2.36. The Morgan fingerprint density at radius 2 is 1.96 bits per heavy atom. The molecule has 7 heteroatoms. The van der Waals surface area contributed by atoms with Crippen LogP contribution in [0.3, 0.4) is 0 Å². The lowest BCUT2D eigenvalue weighted by Crippen LogP contribution is -2.47. The molecule has 2 atom stereocenters. The highest BCUT2D eigenvalue weighted by Gasteiger charge is 2.40. The molecule has 1 aromatic rings. The minimum absolute atomic E-state index is 0.0312. The van der Waals surface area contributed by atoms with Crippen LogP contribution in [0.1, 0.15) is 53.4 Å². The molecule has 3 heterocycles. The Balaban J connectivity index is 0.00000109. The van der Waals surface area contributed by atoms with Crippen molar-refractivity contribution in [2.24, 2.45) is 5.41 Å². The number of fused-ring (bicyclic) bond motifs is 1. The highest BCUT2D eigenvalue weighted by molar-refractivity contribution is 5.99. The number of amides is 1. The van der Waals surface area contributed by atoms with Crippen LogP contribution in [-0.2, 0) is 11.3 Å². The Bertz CT molecular complexity index is 751. The van der Waals surface area contributed by atoms with Crippen LogP contribution in [0.5, 0.6) is 0 Å². The highest BCUT2D eigenvalue weighted by Crippen LogP contribution is 2.45. The molecule has 2 fully saturated rings. The van der Waals surface area contributed by atoms with Crippen molar-refractivity contribution in [2.75, 3.05) is 38.8 Å². The van der Waals surface area contributed by atoms with Crippen molar-refractivity contribution in [3.05, 3.63) is 22.4 Å². The van der Waals surface area contributed by atoms with Crippen LogP contribution in [0.2, 0.25) is 0 Å². The Kier molecular flexibility index (Phi) is 5.96. The largest absolute Gasteiger partial charge is 0.400 e. The van der Waals surface area contributed by atoms with Crippen molar-refractivity contribution in [2.45, 2.75) is 58.9 Å². The summed E-state index contributed by atoms with van der Waals surface area (Å²) in [6.07, 6.45) is 1.73. The number of hydrogen-bond donors (Lipinski definition) is 1. The van der Waals surface area contributed by atoms with Gasteiger partial charge in [0, 0.05) is 20.7 Å². The smallest absolute Gasteiger partial charge is 0.256 e. The van der Waals surface area contributed by atoms with Gasteiger partial charge in [0.2, 0.25) is 0 Å². The number of rotatable bonds is 4. The van der Waals surface area contributed by atoms with Gasteiger partial charge < -0.3 is 19.6 Å². The van der Waals surface area contributed by atoms with E-state index in [0.29, 0.717) is 26.1 Å². The van der Waals surface area contributed by atoms with E-state index in [-0.39, 0.29) is 17.4 Å². The first-order valence-electron chi connectivity index (χ1n) is 10.00. The summed E-state index contributed by atoms with van der Waals surface area (Å²) in [5, 5.41) is 7.00. The summed E-state index contributed by atoms with van der Waals surface area (Å²) in [6.45, 7) is 8.38. The topological polar surface area (TPSA) is 65.9 Å². The standard InChI is InChI=1S/C20H28FN3O2.CH4O/c1-12-13(2)18(22-15-10-23(4)19(25)17(12)15)24-8-5-16(14(21)9-24)26-11-20(3)6-7-20;1-2/h14,16H,5-11H2,1-4H3;2H,1H3/t14-,16+;/m0./s1. The summed E-state index contributed by atoms with van der Waals surface area (Å²) in [6, 6.07) is 0. The summed E-state index contributed by atoms with van der Waals surface area (Å²) in [5.41, 5.74) is 3.76. The van der Waals surface area contributed by atoms with Gasteiger partial charge >= 0.3 is 0 Å². The van der Waals surface area contributed by atoms with E-state index in [1.54, 1.807) is 11.9 Å². The zero-order valence-electron chi connectivity index (χ0n) is 17.6. The second kappa shape index (κ2) is 7.95. The van der Waals surface area contributed by atoms with E-state index in [1.807, 2.05) is 18.7 Å². The molecule has 3 aliphatic rings. The average Bonchev–Trinajstić information content (AvgIpc) is 3.35. The van der Waals surface area contributed by atoms with Gasteiger partial charge in [0.05, 0.1) is 37.1 Å². The number of alkyl halides is 1. The van der Waals surface area contributed by atoms with E-state index in [4.69, 9.17) is 14.8 Å². The Hall–Kier alpha value is -1.73. The van der Waals surface area contributed by atoms with Crippen LogP contribution in [-0.4, -0.2) is 67.0 Å². The molecular formula is C21H32FN3O3. The van der Waals surface area contributed by atoms with Gasteiger partial charge in [-0.2, -0.15) is 0 Å². The van der Waals surface area contributed by atoms with Crippen molar-refractivity contribution in [1.82, 2.24) is 9.88 Å². The number of halogens is 1. The molecule has 28 heavy (non-hydrogen) atoms. The van der Waals surface area contributed by atoms with Crippen molar-refractivity contribution in [1.29, 1.82) is 0 Å². The Morgan fingerprint density at radius 1 is 1.29 bits per heavy atom.